The molecule has 2 saturated heterocycles. The normalized spacial score (nSPS) is 17.9. The van der Waals surface area contributed by atoms with E-state index in [2.05, 4.69) is 4.90 Å². The zero-order valence-corrected chi connectivity index (χ0v) is 18.7. The van der Waals surface area contributed by atoms with Crippen LogP contribution >= 0.6 is 0 Å². The summed E-state index contributed by atoms with van der Waals surface area (Å²) in [7, 11) is -2.18. The number of morpholine rings is 1. The lowest BCUT2D eigenvalue weighted by Crippen LogP contribution is -2.46. The first kappa shape index (κ1) is 22.3. The third kappa shape index (κ3) is 4.36. The van der Waals surface area contributed by atoms with Crippen molar-refractivity contribution in [3.63, 3.8) is 0 Å². The highest BCUT2D eigenvalue weighted by Crippen LogP contribution is 2.34. The Bertz CT molecular complexity index is 1080. The summed E-state index contributed by atoms with van der Waals surface area (Å²) >= 11 is 0. The minimum Gasteiger partial charge on any atom is -0.495 e. The lowest BCUT2D eigenvalue weighted by molar-refractivity contribution is -0.384. The molecule has 2 aliphatic heterocycles. The van der Waals surface area contributed by atoms with E-state index in [9.17, 15) is 18.5 Å². The Balaban J connectivity index is 1.55. The van der Waals surface area contributed by atoms with Gasteiger partial charge in [0.05, 0.1) is 35.8 Å². The molecule has 2 aliphatic rings. The number of rotatable bonds is 6. The Morgan fingerprint density at radius 2 is 1.56 bits per heavy atom. The van der Waals surface area contributed by atoms with E-state index in [-0.39, 0.29) is 23.7 Å². The van der Waals surface area contributed by atoms with Crippen LogP contribution in [0, 0.1) is 10.1 Å². The maximum Gasteiger partial charge on any atom is 0.293 e. The molecule has 0 unspecified atom stereocenters. The van der Waals surface area contributed by atoms with E-state index in [1.54, 1.807) is 13.2 Å². The van der Waals surface area contributed by atoms with Crippen LogP contribution in [0.1, 0.15) is 0 Å². The first-order valence-corrected chi connectivity index (χ1v) is 11.8. The van der Waals surface area contributed by atoms with Crippen LogP contribution in [0.3, 0.4) is 0 Å². The average Bonchev–Trinajstić information content (AvgIpc) is 2.84. The fraction of sp³-hybridized carbons (Fsp3) is 0.429. The van der Waals surface area contributed by atoms with Gasteiger partial charge < -0.3 is 19.3 Å². The second-order valence-corrected chi connectivity index (χ2v) is 9.51. The minimum absolute atomic E-state index is 0.0671. The summed E-state index contributed by atoms with van der Waals surface area (Å²) in [6, 6.07) is 11.9. The molecule has 0 saturated carbocycles. The van der Waals surface area contributed by atoms with Gasteiger partial charge in [0.25, 0.3) is 5.69 Å². The number of hydrogen-bond acceptors (Lipinski definition) is 8. The predicted molar refractivity (Wildman–Crippen MR) is 120 cm³/mol. The molecular weight excluding hydrogens is 436 g/mol. The number of methoxy groups -OCH3 is 1. The minimum atomic E-state index is -3.81. The van der Waals surface area contributed by atoms with Crippen molar-refractivity contribution in [3.8, 4) is 5.75 Å². The molecule has 4 rings (SSSR count). The van der Waals surface area contributed by atoms with Gasteiger partial charge in [-0.2, -0.15) is 4.31 Å². The maximum absolute atomic E-state index is 12.9. The Kier molecular flexibility index (Phi) is 6.49. The van der Waals surface area contributed by atoms with Gasteiger partial charge in [-0.05, 0) is 24.3 Å². The Morgan fingerprint density at radius 1 is 0.938 bits per heavy atom. The summed E-state index contributed by atoms with van der Waals surface area (Å²) in [5.41, 5.74) is 1.21. The fourth-order valence-electron chi connectivity index (χ4n) is 4.09. The van der Waals surface area contributed by atoms with Crippen LogP contribution in [0.2, 0.25) is 0 Å². The molecule has 0 radical (unpaired) electrons. The monoisotopic (exact) mass is 462 g/mol. The topological polar surface area (TPSA) is 105 Å². The van der Waals surface area contributed by atoms with Crippen molar-refractivity contribution in [2.75, 3.05) is 69.4 Å². The van der Waals surface area contributed by atoms with E-state index in [1.165, 1.54) is 16.4 Å². The fourth-order valence-corrected chi connectivity index (χ4v) is 5.52. The van der Waals surface area contributed by atoms with Crippen molar-refractivity contribution >= 4 is 27.1 Å². The molecule has 172 valence electrons. The first-order chi connectivity index (χ1) is 15.4. The molecule has 11 heteroatoms. The van der Waals surface area contributed by atoms with Crippen LogP contribution in [-0.4, -0.2) is 77.2 Å². The predicted octanol–water partition coefficient (Wildman–Crippen LogP) is 1.95. The van der Waals surface area contributed by atoms with E-state index in [0.29, 0.717) is 45.1 Å². The van der Waals surface area contributed by atoms with Crippen LogP contribution in [-0.2, 0) is 14.8 Å². The number of benzene rings is 2. The molecule has 2 aromatic rings. The molecule has 0 atom stereocenters. The van der Waals surface area contributed by atoms with Crippen LogP contribution < -0.4 is 14.5 Å². The maximum atomic E-state index is 12.9. The number of nitro groups is 1. The van der Waals surface area contributed by atoms with E-state index in [1.807, 2.05) is 29.2 Å². The highest BCUT2D eigenvalue weighted by atomic mass is 32.2. The van der Waals surface area contributed by atoms with Crippen molar-refractivity contribution in [2.45, 2.75) is 4.90 Å². The molecule has 0 spiro atoms. The molecule has 0 N–H and O–H groups in total. The largest absolute Gasteiger partial charge is 0.495 e. The molecule has 2 aromatic carbocycles. The van der Waals surface area contributed by atoms with E-state index >= 15 is 0 Å². The first-order valence-electron chi connectivity index (χ1n) is 10.4. The quantitative estimate of drug-likeness (QED) is 0.474. The number of sulfonamides is 1. The van der Waals surface area contributed by atoms with E-state index < -0.39 is 14.9 Å². The van der Waals surface area contributed by atoms with Gasteiger partial charge >= 0.3 is 0 Å². The third-order valence-corrected chi connectivity index (χ3v) is 7.69. The summed E-state index contributed by atoms with van der Waals surface area (Å²) in [5.74, 6) is 0.782. The van der Waals surface area contributed by atoms with Gasteiger partial charge in [0.15, 0.2) is 0 Å². The van der Waals surface area contributed by atoms with Gasteiger partial charge in [-0.25, -0.2) is 8.42 Å². The molecular formula is C21H26N4O6S. The molecule has 0 aliphatic carbocycles. The summed E-state index contributed by atoms with van der Waals surface area (Å²) in [4.78, 5) is 15.3. The molecule has 10 nitrogen and oxygen atoms in total. The Hall–Kier alpha value is -2.89. The molecule has 0 bridgehead atoms. The van der Waals surface area contributed by atoms with Crippen LogP contribution in [0.25, 0.3) is 0 Å². The summed E-state index contributed by atoms with van der Waals surface area (Å²) in [5, 5.41) is 11.8. The zero-order chi connectivity index (χ0) is 22.7. The second-order valence-electron chi connectivity index (χ2n) is 7.57. The lowest BCUT2D eigenvalue weighted by Gasteiger charge is -2.37. The average molecular weight is 463 g/mol. The number of ether oxygens (including phenoxy) is 2. The third-order valence-electron chi connectivity index (χ3n) is 5.80. The van der Waals surface area contributed by atoms with Crippen LogP contribution in [0.5, 0.6) is 5.75 Å². The number of anilines is 2. The highest BCUT2D eigenvalue weighted by molar-refractivity contribution is 7.89. The number of hydrogen-bond donors (Lipinski definition) is 0. The van der Waals surface area contributed by atoms with Gasteiger partial charge in [0.2, 0.25) is 10.0 Å². The van der Waals surface area contributed by atoms with Crippen molar-refractivity contribution in [2.24, 2.45) is 0 Å². The van der Waals surface area contributed by atoms with E-state index in [0.717, 1.165) is 11.4 Å². The van der Waals surface area contributed by atoms with Gasteiger partial charge in [-0.3, -0.25) is 10.1 Å². The van der Waals surface area contributed by atoms with Gasteiger partial charge in [-0.1, -0.05) is 12.1 Å². The Morgan fingerprint density at radius 3 is 2.19 bits per heavy atom. The van der Waals surface area contributed by atoms with Crippen molar-refractivity contribution in [1.82, 2.24) is 4.31 Å². The molecule has 0 amide bonds. The number of para-hydroxylation sites is 2. The summed E-state index contributed by atoms with van der Waals surface area (Å²) < 4.78 is 37.8. The van der Waals surface area contributed by atoms with Gasteiger partial charge in [0, 0.05) is 45.3 Å². The summed E-state index contributed by atoms with van der Waals surface area (Å²) in [6.45, 7) is 3.55. The smallest absolute Gasteiger partial charge is 0.293 e. The highest BCUT2D eigenvalue weighted by Gasteiger charge is 2.31. The number of nitro benzene ring substituents is 1. The molecule has 32 heavy (non-hydrogen) atoms. The molecule has 2 fully saturated rings. The standard InChI is InChI=1S/C21H26N4O6S/c1-30-21-5-3-2-4-19(21)23-10-8-22(9-11-23)18-7-6-17(16-20(18)25(26)27)32(28,29)24-12-14-31-15-13-24/h2-7,16H,8-15H2,1H3. The SMILES string of the molecule is COc1ccccc1N1CCN(c2ccc(S(=O)(=O)N3CCOCC3)cc2[N+](=O)[O-])CC1. The van der Waals surface area contributed by atoms with Gasteiger partial charge in [0.1, 0.15) is 11.4 Å². The Labute approximate surface area is 187 Å². The molecule has 0 aromatic heterocycles. The van der Waals surface area contributed by atoms with Crippen LogP contribution in [0.4, 0.5) is 17.1 Å². The van der Waals surface area contributed by atoms with Gasteiger partial charge in [-0.15, -0.1) is 0 Å². The number of piperazine rings is 1. The van der Waals surface area contributed by atoms with E-state index in [4.69, 9.17) is 9.47 Å². The second kappa shape index (κ2) is 9.31. The van der Waals surface area contributed by atoms with Crippen molar-refractivity contribution in [1.29, 1.82) is 0 Å². The van der Waals surface area contributed by atoms with Crippen LogP contribution in [0.15, 0.2) is 47.4 Å². The van der Waals surface area contributed by atoms with Crippen molar-refractivity contribution in [3.05, 3.63) is 52.6 Å². The molecule has 2 heterocycles. The number of nitrogens with zero attached hydrogens (tertiary/aromatic N) is 4. The lowest BCUT2D eigenvalue weighted by atomic mass is 10.2. The van der Waals surface area contributed by atoms with Crippen molar-refractivity contribution < 1.29 is 22.8 Å². The summed E-state index contributed by atoms with van der Waals surface area (Å²) in [6.07, 6.45) is 0. The zero-order valence-electron chi connectivity index (χ0n) is 17.8.